The van der Waals surface area contributed by atoms with Gasteiger partial charge in [0.05, 0.1) is 11.5 Å². The Bertz CT molecular complexity index is 762. The molecule has 136 valence electrons. The number of ketones is 2. The van der Waals surface area contributed by atoms with E-state index in [0.29, 0.717) is 12.8 Å². The normalized spacial score (nSPS) is 49.5. The summed E-state index contributed by atoms with van der Waals surface area (Å²) in [5.74, 6) is -1.26. The van der Waals surface area contributed by atoms with Crippen molar-refractivity contribution in [1.82, 2.24) is 0 Å². The first kappa shape index (κ1) is 17.1. The van der Waals surface area contributed by atoms with E-state index in [4.69, 9.17) is 0 Å². The van der Waals surface area contributed by atoms with Gasteiger partial charge in [-0.25, -0.2) is 0 Å². The van der Waals surface area contributed by atoms with Gasteiger partial charge in [0.15, 0.2) is 11.6 Å². The number of fused-ring (bicyclic) bond motifs is 2. The van der Waals surface area contributed by atoms with E-state index in [2.05, 4.69) is 0 Å². The average Bonchev–Trinajstić information content (AvgIpc) is 3.23. The number of carbonyl (C=O) groups excluding carboxylic acids is 2. The van der Waals surface area contributed by atoms with Gasteiger partial charge in [-0.15, -0.1) is 0 Å². The van der Waals surface area contributed by atoms with Gasteiger partial charge < -0.3 is 15.3 Å². The SMILES string of the molecule is CC1=C(C)[C@@H]2[C@H](O)[C@@H](O)C3=C(C(=O)[C@H](O)[C@]4(C[C@@H]4C)C3=O)[C@@]2(C)CC1. The first-order valence-corrected chi connectivity index (χ1v) is 9.13. The van der Waals surface area contributed by atoms with Crippen molar-refractivity contribution in [1.29, 1.82) is 0 Å². The molecule has 0 aliphatic heterocycles. The summed E-state index contributed by atoms with van der Waals surface area (Å²) in [6.45, 7) is 7.66. The van der Waals surface area contributed by atoms with Crippen LogP contribution in [0.1, 0.15) is 47.0 Å². The van der Waals surface area contributed by atoms with Crippen LogP contribution in [-0.4, -0.2) is 45.2 Å². The molecule has 0 aromatic heterocycles. The lowest BCUT2D eigenvalue weighted by Gasteiger charge is -2.53. The lowest BCUT2D eigenvalue weighted by molar-refractivity contribution is -0.144. The number of rotatable bonds is 0. The van der Waals surface area contributed by atoms with Gasteiger partial charge in [-0.05, 0) is 39.0 Å². The smallest absolute Gasteiger partial charge is 0.189 e. The van der Waals surface area contributed by atoms with Gasteiger partial charge in [-0.3, -0.25) is 9.59 Å². The fourth-order valence-electron chi connectivity index (χ4n) is 5.82. The van der Waals surface area contributed by atoms with Gasteiger partial charge in [0, 0.05) is 22.5 Å². The highest BCUT2D eigenvalue weighted by atomic mass is 16.3. The van der Waals surface area contributed by atoms with E-state index in [1.807, 2.05) is 27.7 Å². The Labute approximate surface area is 147 Å². The van der Waals surface area contributed by atoms with E-state index in [1.165, 1.54) is 0 Å². The van der Waals surface area contributed by atoms with Crippen molar-refractivity contribution >= 4 is 11.6 Å². The summed E-state index contributed by atoms with van der Waals surface area (Å²) in [6, 6.07) is 0. The predicted octanol–water partition coefficient (Wildman–Crippen LogP) is 1.31. The van der Waals surface area contributed by atoms with Crippen molar-refractivity contribution in [2.45, 2.75) is 65.3 Å². The predicted molar refractivity (Wildman–Crippen MR) is 90.5 cm³/mol. The van der Waals surface area contributed by atoms with E-state index in [-0.39, 0.29) is 22.8 Å². The number of hydrogen-bond acceptors (Lipinski definition) is 5. The molecule has 1 saturated carbocycles. The van der Waals surface area contributed by atoms with Crippen molar-refractivity contribution in [3.8, 4) is 0 Å². The van der Waals surface area contributed by atoms with E-state index in [1.54, 1.807) is 0 Å². The fourth-order valence-corrected chi connectivity index (χ4v) is 5.82. The molecule has 25 heavy (non-hydrogen) atoms. The number of hydrogen-bond donors (Lipinski definition) is 3. The van der Waals surface area contributed by atoms with Crippen LogP contribution >= 0.6 is 0 Å². The standard InChI is InChI=1S/C20H26O5/c1-8-5-6-19(4)12(10(8)3)15(22)14(21)11-13(19)16(23)18(25)20(17(11)24)7-9(20)2/h9,12,14-15,18,21-22,25H,5-7H2,1-4H3/t9-,12+,14-,15-,18-,19-,20-/m0/s1. The number of aliphatic hydroxyl groups is 3. The fraction of sp³-hybridized carbons (Fsp3) is 0.700. The third kappa shape index (κ3) is 1.79. The lowest BCUT2D eigenvalue weighted by atomic mass is 9.51. The lowest BCUT2D eigenvalue weighted by Crippen LogP contribution is -2.59. The molecule has 0 heterocycles. The Hall–Kier alpha value is -1.30. The third-order valence-electron chi connectivity index (χ3n) is 7.66. The quantitative estimate of drug-likeness (QED) is 0.575. The Morgan fingerprint density at radius 2 is 1.72 bits per heavy atom. The van der Waals surface area contributed by atoms with Crippen LogP contribution < -0.4 is 0 Å². The second-order valence-corrected chi connectivity index (χ2v) is 8.82. The molecule has 3 N–H and O–H groups in total. The Morgan fingerprint density at radius 3 is 2.28 bits per heavy atom. The van der Waals surface area contributed by atoms with E-state index < -0.39 is 40.8 Å². The van der Waals surface area contributed by atoms with Crippen LogP contribution in [-0.2, 0) is 9.59 Å². The largest absolute Gasteiger partial charge is 0.389 e. The maximum absolute atomic E-state index is 13.2. The zero-order valence-corrected chi connectivity index (χ0v) is 15.2. The highest BCUT2D eigenvalue weighted by Crippen LogP contribution is 2.64. The van der Waals surface area contributed by atoms with Crippen molar-refractivity contribution in [2.24, 2.45) is 22.7 Å². The molecule has 0 aromatic rings. The highest BCUT2D eigenvalue weighted by Gasteiger charge is 2.70. The molecule has 5 heteroatoms. The highest BCUT2D eigenvalue weighted by molar-refractivity contribution is 6.19. The van der Waals surface area contributed by atoms with Crippen LogP contribution in [0, 0.1) is 22.7 Å². The molecular formula is C20H26O5. The molecular weight excluding hydrogens is 320 g/mol. The first-order valence-electron chi connectivity index (χ1n) is 9.13. The minimum absolute atomic E-state index is 0.0678. The molecule has 4 rings (SSSR count). The Morgan fingerprint density at radius 1 is 1.12 bits per heavy atom. The van der Waals surface area contributed by atoms with Gasteiger partial charge in [0.25, 0.3) is 0 Å². The van der Waals surface area contributed by atoms with E-state index in [0.717, 1.165) is 17.6 Å². The number of Topliss-reactive ketones (excluding diaryl/α,β-unsaturated/α-hetero) is 2. The second-order valence-electron chi connectivity index (χ2n) is 8.82. The van der Waals surface area contributed by atoms with Crippen LogP contribution in [0.15, 0.2) is 22.3 Å². The van der Waals surface area contributed by atoms with Gasteiger partial charge in [-0.2, -0.15) is 0 Å². The molecule has 0 unspecified atom stereocenters. The van der Waals surface area contributed by atoms with Crippen molar-refractivity contribution in [3.63, 3.8) is 0 Å². The maximum atomic E-state index is 13.2. The van der Waals surface area contributed by atoms with Crippen LogP contribution in [0.25, 0.3) is 0 Å². The molecule has 7 atom stereocenters. The van der Waals surface area contributed by atoms with E-state index in [9.17, 15) is 24.9 Å². The van der Waals surface area contributed by atoms with E-state index >= 15 is 0 Å². The molecule has 5 nitrogen and oxygen atoms in total. The number of aliphatic hydroxyl groups excluding tert-OH is 3. The molecule has 0 amide bonds. The summed E-state index contributed by atoms with van der Waals surface area (Å²) in [4.78, 5) is 26.3. The summed E-state index contributed by atoms with van der Waals surface area (Å²) in [5.41, 5.74) is 0.643. The minimum Gasteiger partial charge on any atom is -0.389 e. The summed E-state index contributed by atoms with van der Waals surface area (Å²) in [5, 5.41) is 32.3. The van der Waals surface area contributed by atoms with Crippen LogP contribution in [0.2, 0.25) is 0 Å². The van der Waals surface area contributed by atoms with Crippen LogP contribution in [0.3, 0.4) is 0 Å². The molecule has 0 saturated heterocycles. The van der Waals surface area contributed by atoms with Crippen LogP contribution in [0.4, 0.5) is 0 Å². The zero-order chi connectivity index (χ0) is 18.5. The Balaban J connectivity index is 1.96. The monoisotopic (exact) mass is 346 g/mol. The van der Waals surface area contributed by atoms with Gasteiger partial charge >= 0.3 is 0 Å². The maximum Gasteiger partial charge on any atom is 0.189 e. The molecule has 0 aromatic carbocycles. The third-order valence-corrected chi connectivity index (χ3v) is 7.66. The van der Waals surface area contributed by atoms with Crippen LogP contribution in [0.5, 0.6) is 0 Å². The van der Waals surface area contributed by atoms with Gasteiger partial charge in [0.1, 0.15) is 12.2 Å². The Kier molecular flexibility index (Phi) is 3.36. The number of carbonyl (C=O) groups is 2. The summed E-state index contributed by atoms with van der Waals surface area (Å²) < 4.78 is 0. The first-order chi connectivity index (χ1) is 11.6. The van der Waals surface area contributed by atoms with Crippen molar-refractivity contribution < 1.29 is 24.9 Å². The zero-order valence-electron chi connectivity index (χ0n) is 15.2. The van der Waals surface area contributed by atoms with Gasteiger partial charge in [-0.1, -0.05) is 25.0 Å². The summed E-state index contributed by atoms with van der Waals surface area (Å²) in [7, 11) is 0. The minimum atomic E-state index is -1.37. The summed E-state index contributed by atoms with van der Waals surface area (Å²) in [6.07, 6.45) is -1.97. The second kappa shape index (κ2) is 4.90. The molecule has 1 fully saturated rings. The molecule has 4 aliphatic rings. The molecule has 0 radical (unpaired) electrons. The average molecular weight is 346 g/mol. The molecule has 1 spiro atoms. The molecule has 4 aliphatic carbocycles. The van der Waals surface area contributed by atoms with Crippen molar-refractivity contribution in [3.05, 3.63) is 22.3 Å². The summed E-state index contributed by atoms with van der Waals surface area (Å²) >= 11 is 0. The number of allylic oxidation sites excluding steroid dienone is 1. The molecule has 0 bridgehead atoms. The van der Waals surface area contributed by atoms with Crippen molar-refractivity contribution in [2.75, 3.05) is 0 Å². The van der Waals surface area contributed by atoms with Gasteiger partial charge in [0.2, 0.25) is 0 Å². The topological polar surface area (TPSA) is 94.8 Å².